The number of alkyl halides is 1. The third-order valence-electron chi connectivity index (χ3n) is 7.06. The van der Waals surface area contributed by atoms with Crippen molar-refractivity contribution in [1.82, 2.24) is 20.2 Å². The lowest BCUT2D eigenvalue weighted by molar-refractivity contribution is -0.120. The number of H-pyrrole nitrogens is 1. The quantitative estimate of drug-likeness (QED) is 0.350. The van der Waals surface area contributed by atoms with Gasteiger partial charge in [0.1, 0.15) is 17.3 Å². The first-order valence-corrected chi connectivity index (χ1v) is 12.8. The molecule has 6 rings (SSSR count). The maximum Gasteiger partial charge on any atom is 0.230 e. The Kier molecular flexibility index (Phi) is 5.24. The zero-order chi connectivity index (χ0) is 24.2. The van der Waals surface area contributed by atoms with E-state index in [1.165, 1.54) is 11.8 Å². The van der Waals surface area contributed by atoms with Gasteiger partial charge in [0.2, 0.25) is 5.91 Å². The number of benzene rings is 1. The van der Waals surface area contributed by atoms with E-state index in [9.17, 15) is 9.18 Å². The van der Waals surface area contributed by atoms with Crippen molar-refractivity contribution >= 4 is 40.8 Å². The van der Waals surface area contributed by atoms with Crippen molar-refractivity contribution in [2.75, 3.05) is 28.6 Å². The van der Waals surface area contributed by atoms with Crippen molar-refractivity contribution in [3.63, 3.8) is 0 Å². The number of aromatic nitrogens is 4. The maximum atomic E-state index is 15.0. The zero-order valence-electron chi connectivity index (χ0n) is 19.8. The van der Waals surface area contributed by atoms with Crippen molar-refractivity contribution in [3.05, 3.63) is 42.1 Å². The van der Waals surface area contributed by atoms with E-state index in [0.29, 0.717) is 35.7 Å². The Labute approximate surface area is 210 Å². The Balaban J connectivity index is 0.00000160. The molecule has 0 spiro atoms. The SMILES string of the molecule is Cc1cc(Nc2cc(N3CC(F)(C4CC4)C3)nc(Sc3ccc(NC(=O)C4(C)CC4)cc3)n2)n[nH]1.[HH].[HH]. The van der Waals surface area contributed by atoms with Crippen molar-refractivity contribution in [3.8, 4) is 0 Å². The molecule has 2 aromatic heterocycles. The lowest BCUT2D eigenvalue weighted by Crippen LogP contribution is -2.60. The van der Waals surface area contributed by atoms with Crippen molar-refractivity contribution in [2.24, 2.45) is 11.3 Å². The van der Waals surface area contributed by atoms with Gasteiger partial charge >= 0.3 is 0 Å². The van der Waals surface area contributed by atoms with Crippen molar-refractivity contribution < 1.29 is 12.0 Å². The summed E-state index contributed by atoms with van der Waals surface area (Å²) in [5.74, 6) is 2.23. The van der Waals surface area contributed by atoms with Gasteiger partial charge in [-0.05, 0) is 74.6 Å². The van der Waals surface area contributed by atoms with Crippen LogP contribution < -0.4 is 15.5 Å². The average molecular weight is 498 g/mol. The Morgan fingerprint density at radius 2 is 1.91 bits per heavy atom. The molecule has 0 radical (unpaired) electrons. The molecule has 186 valence electrons. The van der Waals surface area contributed by atoms with E-state index in [-0.39, 0.29) is 20.1 Å². The smallest absolute Gasteiger partial charge is 0.230 e. The van der Waals surface area contributed by atoms with Crippen molar-refractivity contribution in [2.45, 2.75) is 55.3 Å². The molecule has 1 amide bonds. The predicted molar refractivity (Wildman–Crippen MR) is 138 cm³/mol. The minimum absolute atomic E-state index is 0. The van der Waals surface area contributed by atoms with Crippen LogP contribution in [0.2, 0.25) is 0 Å². The summed E-state index contributed by atoms with van der Waals surface area (Å²) in [6.07, 6.45) is 3.85. The van der Waals surface area contributed by atoms with E-state index in [0.717, 1.165) is 42.0 Å². The second-order valence-electron chi connectivity index (χ2n) is 10.3. The van der Waals surface area contributed by atoms with Gasteiger partial charge in [0.05, 0.1) is 13.1 Å². The number of aryl methyl sites for hydroxylation is 1. The molecular weight excluding hydrogens is 465 g/mol. The summed E-state index contributed by atoms with van der Waals surface area (Å²) >= 11 is 1.42. The molecule has 8 nitrogen and oxygen atoms in total. The number of halogens is 1. The van der Waals surface area contributed by atoms with Crippen LogP contribution in [0.15, 0.2) is 46.5 Å². The summed E-state index contributed by atoms with van der Waals surface area (Å²) in [6.45, 7) is 4.66. The van der Waals surface area contributed by atoms with Gasteiger partial charge in [0.25, 0.3) is 0 Å². The van der Waals surface area contributed by atoms with Crippen LogP contribution in [0.5, 0.6) is 0 Å². The molecule has 10 heteroatoms. The van der Waals surface area contributed by atoms with Gasteiger partial charge in [-0.15, -0.1) is 0 Å². The largest absolute Gasteiger partial charge is 0.350 e. The number of carbonyl (C=O) groups is 1. The molecule has 2 aliphatic carbocycles. The van der Waals surface area contributed by atoms with Gasteiger partial charge in [0.15, 0.2) is 11.0 Å². The highest BCUT2D eigenvalue weighted by Crippen LogP contribution is 2.48. The maximum absolute atomic E-state index is 15.0. The number of nitrogens with one attached hydrogen (secondary N) is 3. The highest BCUT2D eigenvalue weighted by molar-refractivity contribution is 7.99. The first-order chi connectivity index (χ1) is 16.8. The van der Waals surface area contributed by atoms with Gasteiger partial charge in [0, 0.05) is 36.7 Å². The number of hydrogen-bond donors (Lipinski definition) is 3. The van der Waals surface area contributed by atoms with Gasteiger partial charge < -0.3 is 15.5 Å². The van der Waals surface area contributed by atoms with E-state index in [4.69, 9.17) is 4.98 Å². The normalized spacial score (nSPS) is 19.7. The number of carbonyl (C=O) groups excluding carboxylic acids is 1. The topological polar surface area (TPSA) is 98.8 Å². The summed E-state index contributed by atoms with van der Waals surface area (Å²) in [4.78, 5) is 24.6. The fourth-order valence-electron chi connectivity index (χ4n) is 4.32. The van der Waals surface area contributed by atoms with E-state index in [1.54, 1.807) is 0 Å². The Morgan fingerprint density at radius 1 is 1.17 bits per heavy atom. The molecule has 3 aromatic rings. The standard InChI is InChI=1S/C25H28FN7OS.2H2/c1-15-11-20(32-31-15)28-19-12-21(33-13-25(26,14-33)16-3-4-16)30-23(29-19)35-18-7-5-17(6-8-18)27-22(34)24(2)9-10-24;;/h5-8,11-12,16H,3-4,9-10,13-14H2,1-2H3,(H,27,34)(H2,28,29,30,31,32);2*1H. The fourth-order valence-corrected chi connectivity index (χ4v) is 5.08. The van der Waals surface area contributed by atoms with Crippen LogP contribution >= 0.6 is 11.8 Å². The van der Waals surface area contributed by atoms with Crippen LogP contribution in [0.25, 0.3) is 0 Å². The lowest BCUT2D eigenvalue weighted by Gasteiger charge is -2.45. The Hall–Kier alpha value is -3.14. The highest BCUT2D eigenvalue weighted by Gasteiger charge is 2.54. The molecule has 0 atom stereocenters. The van der Waals surface area contributed by atoms with E-state index in [2.05, 4.69) is 25.8 Å². The van der Waals surface area contributed by atoms with Crippen LogP contribution in [0.4, 0.5) is 27.5 Å². The van der Waals surface area contributed by atoms with Crippen LogP contribution in [0.1, 0.15) is 41.2 Å². The fraction of sp³-hybridized carbons (Fsp3) is 0.440. The minimum Gasteiger partial charge on any atom is -0.350 e. The van der Waals surface area contributed by atoms with Crippen molar-refractivity contribution in [1.29, 1.82) is 0 Å². The number of anilines is 4. The number of amides is 1. The third-order valence-corrected chi connectivity index (χ3v) is 7.94. The summed E-state index contributed by atoms with van der Waals surface area (Å²) in [5.41, 5.74) is 0.404. The van der Waals surface area contributed by atoms with Crippen LogP contribution in [-0.2, 0) is 4.79 Å². The van der Waals surface area contributed by atoms with Crippen LogP contribution in [0.3, 0.4) is 0 Å². The van der Waals surface area contributed by atoms with Gasteiger partial charge in [-0.2, -0.15) is 5.10 Å². The first-order valence-electron chi connectivity index (χ1n) is 12.0. The van der Waals surface area contributed by atoms with Gasteiger partial charge in [-0.25, -0.2) is 14.4 Å². The predicted octanol–water partition coefficient (Wildman–Crippen LogP) is 5.57. The Morgan fingerprint density at radius 3 is 2.54 bits per heavy atom. The Bertz CT molecular complexity index is 1270. The summed E-state index contributed by atoms with van der Waals surface area (Å²) in [6, 6.07) is 11.4. The van der Waals surface area contributed by atoms with E-state index in [1.807, 2.05) is 55.1 Å². The second-order valence-corrected chi connectivity index (χ2v) is 11.3. The molecule has 3 aliphatic rings. The van der Waals surface area contributed by atoms with E-state index < -0.39 is 5.67 Å². The summed E-state index contributed by atoms with van der Waals surface area (Å²) in [7, 11) is 0. The molecule has 0 unspecified atom stereocenters. The monoisotopic (exact) mass is 497 g/mol. The first kappa shape index (κ1) is 22.3. The molecule has 1 aliphatic heterocycles. The number of hydrogen-bond acceptors (Lipinski definition) is 7. The van der Waals surface area contributed by atoms with E-state index >= 15 is 0 Å². The zero-order valence-corrected chi connectivity index (χ0v) is 20.6. The number of nitrogens with zero attached hydrogens (tertiary/aromatic N) is 4. The average Bonchev–Trinajstić information content (AvgIpc) is 3.73. The number of rotatable bonds is 8. The minimum atomic E-state index is -1.09. The highest BCUT2D eigenvalue weighted by atomic mass is 32.2. The molecule has 0 bridgehead atoms. The lowest BCUT2D eigenvalue weighted by atomic mass is 9.91. The summed E-state index contributed by atoms with van der Waals surface area (Å²) in [5, 5.41) is 13.9. The van der Waals surface area contributed by atoms with Gasteiger partial charge in [-0.1, -0.05) is 6.92 Å². The third kappa shape index (κ3) is 4.71. The van der Waals surface area contributed by atoms with Gasteiger partial charge in [-0.3, -0.25) is 9.89 Å². The molecule has 1 saturated heterocycles. The molecule has 3 heterocycles. The molecule has 3 fully saturated rings. The molecular formula is C25H32FN7OS. The summed E-state index contributed by atoms with van der Waals surface area (Å²) < 4.78 is 15.0. The molecule has 2 saturated carbocycles. The molecule has 35 heavy (non-hydrogen) atoms. The van der Waals surface area contributed by atoms with Crippen LogP contribution in [-0.4, -0.2) is 44.8 Å². The second kappa shape index (κ2) is 8.22. The number of aromatic amines is 1. The molecule has 1 aromatic carbocycles. The molecule has 3 N–H and O–H groups in total. The van der Waals surface area contributed by atoms with Crippen LogP contribution in [0, 0.1) is 18.3 Å².